The minimum absolute atomic E-state index is 0.224. The van der Waals surface area contributed by atoms with Crippen LogP contribution in [0.5, 0.6) is 0 Å². The highest BCUT2D eigenvalue weighted by Gasteiger charge is 2.14. The normalized spacial score (nSPS) is 10.1. The Labute approximate surface area is 124 Å². The van der Waals surface area contributed by atoms with Gasteiger partial charge in [-0.2, -0.15) is 5.26 Å². The third-order valence-corrected chi connectivity index (χ3v) is 3.23. The van der Waals surface area contributed by atoms with Gasteiger partial charge in [-0.15, -0.1) is 0 Å². The molecule has 0 aliphatic heterocycles. The Hall–Kier alpha value is -2.74. The van der Waals surface area contributed by atoms with Crippen LogP contribution in [0.3, 0.4) is 0 Å². The van der Waals surface area contributed by atoms with E-state index in [-0.39, 0.29) is 5.91 Å². The first kappa shape index (κ1) is 14.7. The van der Waals surface area contributed by atoms with Crippen LogP contribution in [0, 0.1) is 18.3 Å². The van der Waals surface area contributed by atoms with Crippen LogP contribution in [0.4, 0.5) is 11.4 Å². The molecule has 0 aliphatic rings. The zero-order chi connectivity index (χ0) is 15.4. The molecule has 0 saturated heterocycles. The number of hydrogen-bond acceptors (Lipinski definition) is 3. The summed E-state index contributed by atoms with van der Waals surface area (Å²) in [6, 6.07) is 8.94. The summed E-state index contributed by atoms with van der Waals surface area (Å²) in [6.45, 7) is 4.66. The highest BCUT2D eigenvalue weighted by Crippen LogP contribution is 2.19. The van der Waals surface area contributed by atoms with Crippen molar-refractivity contribution in [3.05, 3.63) is 47.3 Å². The van der Waals surface area contributed by atoms with Crippen LogP contribution >= 0.6 is 0 Å². The maximum absolute atomic E-state index is 12.4. The molecule has 2 rings (SSSR count). The van der Waals surface area contributed by atoms with E-state index in [1.54, 1.807) is 24.4 Å². The first-order chi connectivity index (χ1) is 10.0. The fourth-order valence-corrected chi connectivity index (χ4v) is 2.16. The molecule has 0 unspecified atom stereocenters. The predicted octanol–water partition coefficient (Wildman–Crippen LogP) is 2.91. The summed E-state index contributed by atoms with van der Waals surface area (Å²) in [4.78, 5) is 12.4. The van der Waals surface area contributed by atoms with Crippen LogP contribution in [0.2, 0.25) is 0 Å². The van der Waals surface area contributed by atoms with Gasteiger partial charge in [0, 0.05) is 18.4 Å². The Morgan fingerprint density at radius 1 is 1.43 bits per heavy atom. The van der Waals surface area contributed by atoms with E-state index in [1.165, 1.54) is 0 Å². The number of carbonyl (C=O) groups is 1. The van der Waals surface area contributed by atoms with Gasteiger partial charge in [0.25, 0.3) is 5.91 Å². The molecule has 3 N–H and O–H groups in total. The van der Waals surface area contributed by atoms with Gasteiger partial charge < -0.3 is 15.6 Å². The lowest BCUT2D eigenvalue weighted by Gasteiger charge is -2.10. The number of aryl methyl sites for hydroxylation is 2. The number of nitrogens with zero attached hydrogens (tertiary/aromatic N) is 2. The Morgan fingerprint density at radius 3 is 2.86 bits per heavy atom. The van der Waals surface area contributed by atoms with Gasteiger partial charge in [-0.1, -0.05) is 13.0 Å². The molecule has 0 aliphatic carbocycles. The number of nitriles is 1. The first-order valence-corrected chi connectivity index (χ1v) is 6.83. The smallest absolute Gasteiger partial charge is 0.272 e. The third-order valence-electron chi connectivity index (χ3n) is 3.23. The topological polar surface area (TPSA) is 83.8 Å². The van der Waals surface area contributed by atoms with Gasteiger partial charge in [-0.3, -0.25) is 4.79 Å². The number of nitrogen functional groups attached to an aromatic ring is 1. The standard InChI is InChI=1S/C16H18N4O/c1-3-6-20-10-13(18)8-15(20)16(21)19-14-7-12(9-17)5-4-11(14)2/h4-5,7-8,10H,3,6,18H2,1-2H3,(H,19,21). The Morgan fingerprint density at radius 2 is 2.19 bits per heavy atom. The minimum Gasteiger partial charge on any atom is -0.397 e. The van der Waals surface area contributed by atoms with Gasteiger partial charge in [-0.05, 0) is 37.1 Å². The molecule has 5 heteroatoms. The van der Waals surface area contributed by atoms with Crippen molar-refractivity contribution in [1.82, 2.24) is 4.57 Å². The number of amides is 1. The molecule has 0 fully saturated rings. The molecule has 108 valence electrons. The molecule has 0 saturated carbocycles. The molecule has 1 aromatic carbocycles. The largest absolute Gasteiger partial charge is 0.397 e. The summed E-state index contributed by atoms with van der Waals surface area (Å²) in [5.41, 5.74) is 8.92. The second-order valence-corrected chi connectivity index (χ2v) is 4.95. The average Bonchev–Trinajstić information content (AvgIpc) is 2.82. The van der Waals surface area contributed by atoms with Gasteiger partial charge in [0.1, 0.15) is 5.69 Å². The highest BCUT2D eigenvalue weighted by atomic mass is 16.1. The van der Waals surface area contributed by atoms with E-state index in [0.29, 0.717) is 22.6 Å². The lowest BCUT2D eigenvalue weighted by atomic mass is 10.1. The van der Waals surface area contributed by atoms with Crippen molar-refractivity contribution in [3.8, 4) is 6.07 Å². The van der Waals surface area contributed by atoms with Crippen molar-refractivity contribution in [3.63, 3.8) is 0 Å². The molecule has 1 heterocycles. The van der Waals surface area contributed by atoms with Crippen molar-refractivity contribution < 1.29 is 4.79 Å². The van der Waals surface area contributed by atoms with Gasteiger partial charge in [-0.25, -0.2) is 0 Å². The van der Waals surface area contributed by atoms with Gasteiger partial charge >= 0.3 is 0 Å². The molecule has 0 bridgehead atoms. The third kappa shape index (κ3) is 3.23. The molecule has 21 heavy (non-hydrogen) atoms. The van der Waals surface area contributed by atoms with Crippen molar-refractivity contribution in [2.45, 2.75) is 26.8 Å². The lowest BCUT2D eigenvalue weighted by molar-refractivity contribution is 0.101. The molecule has 0 atom stereocenters. The minimum atomic E-state index is -0.224. The maximum atomic E-state index is 12.4. The Kier molecular flexibility index (Phi) is 4.29. The number of anilines is 2. The van der Waals surface area contributed by atoms with Crippen molar-refractivity contribution in [1.29, 1.82) is 5.26 Å². The molecule has 1 aromatic heterocycles. The molecule has 5 nitrogen and oxygen atoms in total. The molecular formula is C16H18N4O. The fraction of sp³-hybridized carbons (Fsp3) is 0.250. The number of hydrogen-bond donors (Lipinski definition) is 2. The first-order valence-electron chi connectivity index (χ1n) is 6.83. The van der Waals surface area contributed by atoms with E-state index < -0.39 is 0 Å². The summed E-state index contributed by atoms with van der Waals surface area (Å²) in [6.07, 6.45) is 2.67. The molecule has 2 aromatic rings. The zero-order valence-electron chi connectivity index (χ0n) is 12.2. The summed E-state index contributed by atoms with van der Waals surface area (Å²) in [7, 11) is 0. The Balaban J connectivity index is 2.28. The molecule has 0 spiro atoms. The summed E-state index contributed by atoms with van der Waals surface area (Å²) >= 11 is 0. The van der Waals surface area contributed by atoms with Crippen LogP contribution < -0.4 is 11.1 Å². The van der Waals surface area contributed by atoms with Crippen LogP contribution in [0.15, 0.2) is 30.5 Å². The molecule has 1 amide bonds. The van der Waals surface area contributed by atoms with E-state index in [4.69, 9.17) is 11.0 Å². The van der Waals surface area contributed by atoms with Crippen molar-refractivity contribution >= 4 is 17.3 Å². The second-order valence-electron chi connectivity index (χ2n) is 4.95. The SMILES string of the molecule is CCCn1cc(N)cc1C(=O)Nc1cc(C#N)ccc1C. The molecule has 0 radical (unpaired) electrons. The van der Waals surface area contributed by atoms with Gasteiger partial charge in [0.2, 0.25) is 0 Å². The number of benzene rings is 1. The highest BCUT2D eigenvalue weighted by molar-refractivity contribution is 6.04. The predicted molar refractivity (Wildman–Crippen MR) is 83.0 cm³/mol. The quantitative estimate of drug-likeness (QED) is 0.904. The number of nitrogens with two attached hydrogens (primary N) is 1. The summed E-state index contributed by atoms with van der Waals surface area (Å²) in [5, 5.41) is 11.8. The van der Waals surface area contributed by atoms with Crippen molar-refractivity contribution in [2.75, 3.05) is 11.1 Å². The number of aromatic nitrogens is 1. The van der Waals surface area contributed by atoms with Crippen LogP contribution in [0.1, 0.15) is 35.0 Å². The summed E-state index contributed by atoms with van der Waals surface area (Å²) in [5.74, 6) is -0.224. The number of nitrogens with one attached hydrogen (secondary N) is 1. The number of rotatable bonds is 4. The zero-order valence-corrected chi connectivity index (χ0v) is 12.2. The monoisotopic (exact) mass is 282 g/mol. The number of carbonyl (C=O) groups excluding carboxylic acids is 1. The van der Waals surface area contributed by atoms with Crippen LogP contribution in [-0.2, 0) is 6.54 Å². The second kappa shape index (κ2) is 6.14. The maximum Gasteiger partial charge on any atom is 0.272 e. The van der Waals surface area contributed by atoms with E-state index in [9.17, 15) is 4.79 Å². The van der Waals surface area contributed by atoms with E-state index >= 15 is 0 Å². The van der Waals surface area contributed by atoms with Gasteiger partial charge in [0.05, 0.1) is 17.3 Å². The average molecular weight is 282 g/mol. The van der Waals surface area contributed by atoms with Crippen LogP contribution in [0.25, 0.3) is 0 Å². The lowest BCUT2D eigenvalue weighted by Crippen LogP contribution is -2.17. The van der Waals surface area contributed by atoms with Crippen molar-refractivity contribution in [2.24, 2.45) is 0 Å². The van der Waals surface area contributed by atoms with E-state index in [2.05, 4.69) is 11.4 Å². The Bertz CT molecular complexity index is 710. The fourth-order valence-electron chi connectivity index (χ4n) is 2.16. The van der Waals surface area contributed by atoms with Gasteiger partial charge in [0.15, 0.2) is 0 Å². The summed E-state index contributed by atoms with van der Waals surface area (Å²) < 4.78 is 1.84. The van der Waals surface area contributed by atoms with E-state index in [0.717, 1.165) is 18.5 Å². The van der Waals surface area contributed by atoms with E-state index in [1.807, 2.05) is 24.5 Å². The molecular weight excluding hydrogens is 264 g/mol. The van der Waals surface area contributed by atoms with Crippen LogP contribution in [-0.4, -0.2) is 10.5 Å².